The van der Waals surface area contributed by atoms with Crippen molar-refractivity contribution in [3.05, 3.63) is 0 Å². The van der Waals surface area contributed by atoms with E-state index in [1.165, 1.54) is 0 Å². The summed E-state index contributed by atoms with van der Waals surface area (Å²) in [5, 5.41) is 18.2. The molecule has 0 radical (unpaired) electrons. The zero-order valence-electron chi connectivity index (χ0n) is 10.7. The molecule has 6 nitrogen and oxygen atoms in total. The highest BCUT2D eigenvalue weighted by molar-refractivity contribution is 7.91. The third kappa shape index (κ3) is 2.70. The predicted molar refractivity (Wildman–Crippen MR) is 68.1 cm³/mol. The molecule has 0 aromatic heterocycles. The summed E-state index contributed by atoms with van der Waals surface area (Å²) >= 11 is 0. The van der Waals surface area contributed by atoms with Crippen molar-refractivity contribution in [2.75, 3.05) is 44.4 Å². The van der Waals surface area contributed by atoms with Gasteiger partial charge in [0.2, 0.25) is 0 Å². The lowest BCUT2D eigenvalue weighted by Crippen LogP contribution is -2.63. The van der Waals surface area contributed by atoms with E-state index >= 15 is 0 Å². The first-order valence-electron chi connectivity index (χ1n) is 6.40. The molecule has 2 fully saturated rings. The van der Waals surface area contributed by atoms with E-state index in [0.717, 1.165) is 6.54 Å². The van der Waals surface area contributed by atoms with Crippen LogP contribution >= 0.6 is 0 Å². The number of sulfone groups is 1. The van der Waals surface area contributed by atoms with Crippen molar-refractivity contribution in [2.24, 2.45) is 0 Å². The van der Waals surface area contributed by atoms with Crippen LogP contribution in [-0.2, 0) is 9.84 Å². The van der Waals surface area contributed by atoms with Gasteiger partial charge in [-0.25, -0.2) is 8.42 Å². The highest BCUT2D eigenvalue weighted by atomic mass is 32.2. The summed E-state index contributed by atoms with van der Waals surface area (Å²) in [5.41, 5.74) is 0. The van der Waals surface area contributed by atoms with Gasteiger partial charge in [-0.15, -0.1) is 0 Å². The Bertz CT molecular complexity index is 387. The molecule has 0 saturated carbocycles. The van der Waals surface area contributed by atoms with E-state index in [1.54, 1.807) is 0 Å². The fourth-order valence-corrected chi connectivity index (χ4v) is 5.29. The predicted octanol–water partition coefficient (Wildman–Crippen LogP) is -1.86. The Labute approximate surface area is 108 Å². The minimum atomic E-state index is -3.00. The zero-order valence-corrected chi connectivity index (χ0v) is 11.5. The van der Waals surface area contributed by atoms with Gasteiger partial charge in [0.05, 0.1) is 24.7 Å². The third-order valence-electron chi connectivity index (χ3n) is 4.00. The van der Waals surface area contributed by atoms with Crippen LogP contribution in [0.4, 0.5) is 0 Å². The molecule has 18 heavy (non-hydrogen) atoms. The van der Waals surface area contributed by atoms with Crippen molar-refractivity contribution < 1.29 is 18.6 Å². The third-order valence-corrected chi connectivity index (χ3v) is 5.70. The molecule has 7 heteroatoms. The van der Waals surface area contributed by atoms with Crippen LogP contribution in [0.5, 0.6) is 0 Å². The summed E-state index contributed by atoms with van der Waals surface area (Å²) in [6, 6.07) is 0.126. The number of hydrogen-bond donors (Lipinski definition) is 2. The average Bonchev–Trinajstić information content (AvgIpc) is 2.60. The Morgan fingerprint density at radius 3 is 2.33 bits per heavy atom. The van der Waals surface area contributed by atoms with E-state index in [-0.39, 0.29) is 42.8 Å². The standard InChI is InChI=1S/C11H22N2O4S/c1-9-6-12(2-4-14)10-7-18(16,17)8-11(10)13(9)3-5-15/h9-11,14-15H,2-8H2,1H3. The number of fused-ring (bicyclic) bond motifs is 1. The van der Waals surface area contributed by atoms with E-state index in [1.807, 2.05) is 6.92 Å². The quantitative estimate of drug-likeness (QED) is 0.628. The van der Waals surface area contributed by atoms with Crippen LogP contribution in [0.1, 0.15) is 6.92 Å². The number of rotatable bonds is 4. The van der Waals surface area contributed by atoms with Gasteiger partial charge >= 0.3 is 0 Å². The second-order valence-corrected chi connectivity index (χ2v) is 7.39. The molecule has 0 bridgehead atoms. The second-order valence-electron chi connectivity index (χ2n) is 5.24. The first-order chi connectivity index (χ1) is 8.48. The average molecular weight is 278 g/mol. The van der Waals surface area contributed by atoms with Gasteiger partial charge in [0.15, 0.2) is 9.84 Å². The molecule has 106 valence electrons. The summed E-state index contributed by atoms with van der Waals surface area (Å²) < 4.78 is 23.6. The summed E-state index contributed by atoms with van der Waals surface area (Å²) in [7, 11) is -3.00. The number of aliphatic hydroxyl groups excluding tert-OH is 2. The summed E-state index contributed by atoms with van der Waals surface area (Å²) in [6.45, 7) is 3.93. The molecule has 2 rings (SSSR count). The van der Waals surface area contributed by atoms with Crippen molar-refractivity contribution in [2.45, 2.75) is 25.0 Å². The lowest BCUT2D eigenvalue weighted by atomic mass is 10.0. The van der Waals surface area contributed by atoms with Crippen LogP contribution in [0, 0.1) is 0 Å². The van der Waals surface area contributed by atoms with Crippen molar-refractivity contribution in [3.63, 3.8) is 0 Å². The Morgan fingerprint density at radius 2 is 1.72 bits per heavy atom. The van der Waals surface area contributed by atoms with Gasteiger partial charge in [-0.1, -0.05) is 0 Å². The highest BCUT2D eigenvalue weighted by Crippen LogP contribution is 2.29. The minimum Gasteiger partial charge on any atom is -0.395 e. The Morgan fingerprint density at radius 1 is 1.11 bits per heavy atom. The maximum absolute atomic E-state index is 11.8. The van der Waals surface area contributed by atoms with Gasteiger partial charge in [-0.05, 0) is 6.92 Å². The minimum absolute atomic E-state index is 0.0371. The maximum atomic E-state index is 11.8. The summed E-state index contributed by atoms with van der Waals surface area (Å²) in [6.07, 6.45) is 0. The molecule has 0 spiro atoms. The molecule has 3 unspecified atom stereocenters. The largest absolute Gasteiger partial charge is 0.395 e. The molecule has 2 saturated heterocycles. The molecule has 2 aliphatic heterocycles. The van der Waals surface area contributed by atoms with Crippen molar-refractivity contribution in [1.29, 1.82) is 0 Å². The maximum Gasteiger partial charge on any atom is 0.153 e. The summed E-state index contributed by atoms with van der Waals surface area (Å²) in [4.78, 5) is 4.18. The lowest BCUT2D eigenvalue weighted by Gasteiger charge is -2.47. The first-order valence-corrected chi connectivity index (χ1v) is 8.22. The van der Waals surface area contributed by atoms with Crippen LogP contribution in [0.3, 0.4) is 0 Å². The van der Waals surface area contributed by atoms with Gasteiger partial charge in [0.25, 0.3) is 0 Å². The Kier molecular flexibility index (Phi) is 4.28. The van der Waals surface area contributed by atoms with Crippen LogP contribution in [0.15, 0.2) is 0 Å². The van der Waals surface area contributed by atoms with Crippen LogP contribution in [0.25, 0.3) is 0 Å². The Balaban J connectivity index is 2.21. The second kappa shape index (κ2) is 5.42. The molecule has 0 aliphatic carbocycles. The number of nitrogens with zero attached hydrogens (tertiary/aromatic N) is 2. The lowest BCUT2D eigenvalue weighted by molar-refractivity contribution is -0.00790. The smallest absolute Gasteiger partial charge is 0.153 e. The highest BCUT2D eigenvalue weighted by Gasteiger charge is 2.48. The SMILES string of the molecule is CC1CN(CCO)C2CS(=O)(=O)CC2N1CCO. The molecule has 0 amide bonds. The van der Waals surface area contributed by atoms with Crippen LogP contribution in [0.2, 0.25) is 0 Å². The van der Waals surface area contributed by atoms with Gasteiger partial charge in [-0.2, -0.15) is 0 Å². The fourth-order valence-electron chi connectivity index (χ4n) is 3.27. The van der Waals surface area contributed by atoms with Crippen LogP contribution in [-0.4, -0.2) is 90.9 Å². The summed E-state index contributed by atoms with van der Waals surface area (Å²) in [5.74, 6) is 0.344. The molecule has 2 heterocycles. The molecule has 2 N–H and O–H groups in total. The van der Waals surface area contributed by atoms with E-state index in [4.69, 9.17) is 10.2 Å². The van der Waals surface area contributed by atoms with E-state index in [9.17, 15) is 8.42 Å². The van der Waals surface area contributed by atoms with Crippen molar-refractivity contribution in [1.82, 2.24) is 9.80 Å². The van der Waals surface area contributed by atoms with E-state index in [2.05, 4.69) is 9.80 Å². The Hall–Kier alpha value is -0.210. The monoisotopic (exact) mass is 278 g/mol. The number of hydrogen-bond acceptors (Lipinski definition) is 6. The topological polar surface area (TPSA) is 81.1 Å². The number of piperazine rings is 1. The molecule has 2 aliphatic rings. The zero-order chi connectivity index (χ0) is 13.3. The fraction of sp³-hybridized carbons (Fsp3) is 1.00. The van der Waals surface area contributed by atoms with E-state index < -0.39 is 9.84 Å². The van der Waals surface area contributed by atoms with Crippen molar-refractivity contribution in [3.8, 4) is 0 Å². The van der Waals surface area contributed by atoms with Gasteiger partial charge < -0.3 is 10.2 Å². The number of aliphatic hydroxyl groups is 2. The molecular weight excluding hydrogens is 256 g/mol. The van der Waals surface area contributed by atoms with Gasteiger partial charge in [-0.3, -0.25) is 9.80 Å². The molecule has 0 aromatic rings. The normalized spacial score (nSPS) is 36.7. The molecule has 0 aromatic carbocycles. The number of β-amino-alcohol motifs (C(OH)–C–C–N with tert-alkyl or cyclic N) is 2. The molecular formula is C11H22N2O4S. The van der Waals surface area contributed by atoms with Gasteiger partial charge in [0.1, 0.15) is 0 Å². The first kappa shape index (κ1) is 14.2. The van der Waals surface area contributed by atoms with Crippen LogP contribution < -0.4 is 0 Å². The van der Waals surface area contributed by atoms with Crippen molar-refractivity contribution >= 4 is 9.84 Å². The molecule has 3 atom stereocenters. The van der Waals surface area contributed by atoms with Gasteiger partial charge in [0, 0.05) is 37.8 Å². The van der Waals surface area contributed by atoms with E-state index in [0.29, 0.717) is 13.1 Å².